The Morgan fingerprint density at radius 1 is 0.413 bits per heavy atom. The molecular formula is C72H96N20O12. The SMILES string of the molecule is CCCOc1c2cccc1Cc1cc(Nc3nc(N)nc(NCCCCCCCNC(=O)[C@H](C)n4c(=O)[nH]c(=O)[nH]c4=O)n3)cc(c1OCCC)Cc1cccc(c1OCCC)Cc1cc(Nc3nc(N)nc(NCCCCCCCNC(=O)[C@H](C)n4c(=O)[nH]c(=O)[nH]c4=O)n3)cc(c1OCCC)C2. The number of nitrogen functional groups attached to an aromatic ring is 2. The quantitative estimate of drug-likeness (QED) is 0.0172. The summed E-state index contributed by atoms with van der Waals surface area (Å²) in [6, 6.07) is 18.6. The van der Waals surface area contributed by atoms with Crippen molar-refractivity contribution in [2.45, 2.75) is 169 Å². The Bertz CT molecular complexity index is 4180. The predicted molar refractivity (Wildman–Crippen MR) is 398 cm³/mol. The van der Waals surface area contributed by atoms with E-state index in [-0.39, 0.29) is 23.8 Å². The summed E-state index contributed by atoms with van der Waals surface area (Å²) in [6.45, 7) is 14.8. The highest BCUT2D eigenvalue weighted by Gasteiger charge is 2.26. The Morgan fingerprint density at radius 2 is 0.692 bits per heavy atom. The number of carbonyl (C=O) groups is 2. The lowest BCUT2D eigenvalue weighted by molar-refractivity contribution is -0.124. The van der Waals surface area contributed by atoms with Crippen LogP contribution >= 0.6 is 0 Å². The molecule has 1 aliphatic rings. The summed E-state index contributed by atoms with van der Waals surface area (Å²) in [6.07, 6.45) is 12.8. The zero-order valence-corrected chi connectivity index (χ0v) is 59.9. The number of fused-ring (bicyclic) bond motifs is 8. The number of benzene rings is 4. The summed E-state index contributed by atoms with van der Waals surface area (Å²) in [4.78, 5) is 132. The van der Waals surface area contributed by atoms with E-state index in [0.717, 1.165) is 145 Å². The molecule has 4 aromatic carbocycles. The highest BCUT2D eigenvalue weighted by Crippen LogP contribution is 2.42. The average molecular weight is 1430 g/mol. The molecule has 4 aromatic heterocycles. The lowest BCUT2D eigenvalue weighted by Gasteiger charge is -2.24. The van der Waals surface area contributed by atoms with Gasteiger partial charge >= 0.3 is 34.1 Å². The van der Waals surface area contributed by atoms with E-state index in [1.807, 2.05) is 19.9 Å². The van der Waals surface area contributed by atoms with Gasteiger partial charge in [0.2, 0.25) is 47.5 Å². The van der Waals surface area contributed by atoms with Gasteiger partial charge in [-0.25, -0.2) is 37.9 Å². The summed E-state index contributed by atoms with van der Waals surface area (Å²) in [5.41, 5.74) is 15.8. The normalized spacial score (nSPS) is 12.4. The molecule has 2 amide bonds. The van der Waals surface area contributed by atoms with Crippen molar-refractivity contribution in [3.63, 3.8) is 0 Å². The summed E-state index contributed by atoms with van der Waals surface area (Å²) >= 11 is 0. The number of rotatable bonds is 38. The molecule has 8 aromatic rings. The number of unbranched alkanes of at least 4 members (excludes halogenated alkanes) is 8. The van der Waals surface area contributed by atoms with Crippen molar-refractivity contribution in [1.29, 1.82) is 0 Å². The molecule has 8 bridgehead atoms. The van der Waals surface area contributed by atoms with E-state index in [0.29, 0.717) is 124 Å². The lowest BCUT2D eigenvalue weighted by Crippen LogP contribution is -2.48. The van der Waals surface area contributed by atoms with Gasteiger partial charge in [-0.15, -0.1) is 0 Å². The number of aromatic nitrogens is 12. The number of nitrogens with zero attached hydrogens (tertiary/aromatic N) is 8. The standard InChI is InChI=1S/C72H96N20O12/c1-7-31-101-55-45-23-21-24-46(55)36-50-40-54(80-66-84-62(74)82-64(86-66)78-30-20-16-12-14-18-28-76-60(94)44(6)92-71(99)89-68(96)90-72(92)100)42-52(58(50)104-34-10-4)38-48-26-22-25-47(56(48)102-32-8-2)37-51-41-53(39-49(35-45)57(51)103-33-9-3)79-65-83-61(73)81-63(85-65)77-29-19-15-11-13-17-27-75-59(93)43(5)91-69(97)87-67(95)88-70(91)98/h21-26,39-44H,7-20,27-38H2,1-6H3,(H,75,93)(H,76,94)(H2,87,88,95,97,98)(H2,89,90,96,99,100)(H4,73,77,79,81,83,85)(H4,74,78,80,82,84,86)/t43-,44-/m0/s1. The second-order valence-electron chi connectivity index (χ2n) is 25.5. The van der Waals surface area contributed by atoms with Gasteiger partial charge in [0.1, 0.15) is 35.1 Å². The van der Waals surface area contributed by atoms with E-state index in [9.17, 15) is 38.4 Å². The van der Waals surface area contributed by atoms with Gasteiger partial charge in [-0.3, -0.25) is 29.5 Å². The van der Waals surface area contributed by atoms with Crippen LogP contribution in [0, 0.1) is 0 Å². The van der Waals surface area contributed by atoms with Crippen molar-refractivity contribution in [1.82, 2.24) is 69.6 Å². The molecule has 14 N–H and O–H groups in total. The van der Waals surface area contributed by atoms with Gasteiger partial charge in [-0.2, -0.15) is 29.9 Å². The summed E-state index contributed by atoms with van der Waals surface area (Å²) in [7, 11) is 0. The Labute approximate surface area is 600 Å². The van der Waals surface area contributed by atoms with Crippen LogP contribution in [0.25, 0.3) is 0 Å². The third-order valence-electron chi connectivity index (χ3n) is 17.1. The number of para-hydroxylation sites is 2. The molecule has 0 saturated heterocycles. The topological polar surface area (TPSA) is 448 Å². The fourth-order valence-corrected chi connectivity index (χ4v) is 12.2. The maximum atomic E-state index is 12.7. The van der Waals surface area contributed by atoms with Crippen LogP contribution in [0.5, 0.6) is 23.0 Å². The number of amides is 2. The number of carbonyl (C=O) groups excluding carboxylic acids is 2. The molecule has 0 spiro atoms. The van der Waals surface area contributed by atoms with E-state index >= 15 is 0 Å². The van der Waals surface area contributed by atoms with Crippen LogP contribution in [-0.2, 0) is 35.3 Å². The summed E-state index contributed by atoms with van der Waals surface area (Å²) in [5, 5.41) is 19.1. The Hall–Kier alpha value is -11.3. The molecule has 104 heavy (non-hydrogen) atoms. The molecule has 32 heteroatoms. The molecular weight excluding hydrogens is 1340 g/mol. The van der Waals surface area contributed by atoms with Gasteiger partial charge in [-0.05, 0) is 112 Å². The van der Waals surface area contributed by atoms with Gasteiger partial charge in [0, 0.05) is 85.5 Å². The van der Waals surface area contributed by atoms with E-state index in [2.05, 4.69) is 140 Å². The van der Waals surface area contributed by atoms with Gasteiger partial charge in [0.05, 0.1) is 26.4 Å². The maximum Gasteiger partial charge on any atom is 0.334 e. The highest BCUT2D eigenvalue weighted by molar-refractivity contribution is 5.80. The van der Waals surface area contributed by atoms with Crippen LogP contribution in [0.4, 0.5) is 47.1 Å². The molecule has 556 valence electrons. The third kappa shape index (κ3) is 21.4. The number of ether oxygens (including phenoxy) is 4. The number of hydrogen-bond acceptors (Lipinski definition) is 24. The smallest absolute Gasteiger partial charge is 0.334 e. The van der Waals surface area contributed by atoms with Crippen LogP contribution in [0.1, 0.15) is 188 Å². The predicted octanol–water partition coefficient (Wildman–Crippen LogP) is 7.10. The molecule has 1 aliphatic carbocycles. The van der Waals surface area contributed by atoms with Crippen LogP contribution in [0.2, 0.25) is 0 Å². The summed E-state index contributed by atoms with van der Waals surface area (Å²) in [5.74, 6) is 3.12. The van der Waals surface area contributed by atoms with E-state index in [1.54, 1.807) is 0 Å². The number of nitrogens with two attached hydrogens (primary N) is 2. The van der Waals surface area contributed by atoms with E-state index < -0.39 is 58.0 Å². The largest absolute Gasteiger partial charge is 0.493 e. The number of hydrogen-bond donors (Lipinski definition) is 12. The molecule has 32 nitrogen and oxygen atoms in total. The first-order chi connectivity index (χ1) is 50.3. The minimum atomic E-state index is -1.11. The number of anilines is 8. The second-order valence-corrected chi connectivity index (χ2v) is 25.5. The average Bonchev–Trinajstić information content (AvgIpc) is 0.770. The Morgan fingerprint density at radius 3 is 1.00 bits per heavy atom. The first kappa shape index (κ1) is 76.8. The fraction of sp³-hybridized carbons (Fsp3) is 0.472. The van der Waals surface area contributed by atoms with Crippen molar-refractivity contribution < 1.29 is 28.5 Å². The molecule has 2 atom stereocenters. The minimum absolute atomic E-state index is 0.0257. The molecule has 9 rings (SSSR count). The van der Waals surface area contributed by atoms with Crippen LogP contribution in [-0.4, -0.2) is 123 Å². The lowest BCUT2D eigenvalue weighted by atomic mass is 9.90. The first-order valence-electron chi connectivity index (χ1n) is 35.9. The first-order valence-corrected chi connectivity index (χ1v) is 35.9. The Kier molecular flexibility index (Phi) is 28.1. The fourth-order valence-electron chi connectivity index (χ4n) is 12.2. The number of H-pyrrole nitrogens is 4. The van der Waals surface area contributed by atoms with Crippen molar-refractivity contribution in [3.05, 3.63) is 168 Å². The zero-order chi connectivity index (χ0) is 74.1. The van der Waals surface area contributed by atoms with E-state index in [1.165, 1.54) is 13.8 Å². The van der Waals surface area contributed by atoms with Gasteiger partial charge < -0.3 is 62.3 Å². The zero-order valence-electron chi connectivity index (χ0n) is 59.9. The summed E-state index contributed by atoms with van der Waals surface area (Å²) < 4.78 is 28.7. The van der Waals surface area contributed by atoms with E-state index in [4.69, 9.17) is 40.4 Å². The van der Waals surface area contributed by atoms with Gasteiger partial charge in [0.25, 0.3) is 0 Å². The number of nitrogens with one attached hydrogen (secondary N) is 10. The molecule has 0 saturated carbocycles. The minimum Gasteiger partial charge on any atom is -0.493 e. The van der Waals surface area contributed by atoms with Crippen molar-refractivity contribution in [2.24, 2.45) is 0 Å². The monoisotopic (exact) mass is 1430 g/mol. The van der Waals surface area contributed by atoms with Gasteiger partial charge in [0.15, 0.2) is 0 Å². The molecule has 4 heterocycles. The van der Waals surface area contributed by atoms with Crippen molar-refractivity contribution in [3.8, 4) is 23.0 Å². The molecule has 0 fully saturated rings. The third-order valence-corrected chi connectivity index (χ3v) is 17.1. The second kappa shape index (κ2) is 38.1. The maximum absolute atomic E-state index is 12.7. The van der Waals surface area contributed by atoms with Crippen LogP contribution in [0.3, 0.4) is 0 Å². The van der Waals surface area contributed by atoms with Crippen molar-refractivity contribution in [2.75, 3.05) is 85.3 Å². The number of aromatic amines is 4. The van der Waals surface area contributed by atoms with Crippen LogP contribution in [0.15, 0.2) is 89.4 Å². The molecule has 0 unspecified atom stereocenters. The highest BCUT2D eigenvalue weighted by atomic mass is 16.5. The van der Waals surface area contributed by atoms with Gasteiger partial charge in [-0.1, -0.05) is 103 Å². The van der Waals surface area contributed by atoms with Crippen molar-refractivity contribution >= 4 is 58.9 Å². The molecule has 0 aliphatic heterocycles. The molecule has 0 radical (unpaired) electrons. The van der Waals surface area contributed by atoms with Crippen LogP contribution < -0.4 is 96.5 Å². The Balaban J connectivity index is 0.929.